The van der Waals surface area contributed by atoms with E-state index in [4.69, 9.17) is 9.47 Å². The van der Waals surface area contributed by atoms with E-state index in [-0.39, 0.29) is 6.10 Å². The quantitative estimate of drug-likeness (QED) is 0.433. The Labute approximate surface area is 176 Å². The maximum atomic E-state index is 9.49. The second kappa shape index (κ2) is 9.40. The number of hydrogen-bond acceptors (Lipinski definition) is 5. The van der Waals surface area contributed by atoms with Crippen LogP contribution in [0.1, 0.15) is 37.5 Å². The number of nitriles is 1. The summed E-state index contributed by atoms with van der Waals surface area (Å²) in [7, 11) is 1.65. The van der Waals surface area contributed by atoms with Gasteiger partial charge >= 0.3 is 0 Å². The van der Waals surface area contributed by atoms with Crippen LogP contribution in [-0.4, -0.2) is 18.2 Å². The highest BCUT2D eigenvalue weighted by Gasteiger charge is 2.14. The molecule has 3 rings (SSSR count). The van der Waals surface area contributed by atoms with Gasteiger partial charge in [0.15, 0.2) is 0 Å². The van der Waals surface area contributed by atoms with Gasteiger partial charge in [0.25, 0.3) is 0 Å². The van der Waals surface area contributed by atoms with Gasteiger partial charge in [0.1, 0.15) is 16.8 Å². The van der Waals surface area contributed by atoms with Crippen LogP contribution in [0.15, 0.2) is 48.9 Å². The maximum absolute atomic E-state index is 9.49. The van der Waals surface area contributed by atoms with Crippen molar-refractivity contribution in [1.29, 1.82) is 5.26 Å². The molecule has 5 heteroatoms. The highest BCUT2D eigenvalue weighted by atomic mass is 32.1. The van der Waals surface area contributed by atoms with Crippen LogP contribution in [0.4, 0.5) is 0 Å². The van der Waals surface area contributed by atoms with Gasteiger partial charge in [-0.3, -0.25) is 0 Å². The molecule has 1 heterocycles. The first-order valence-corrected chi connectivity index (χ1v) is 10.4. The molecule has 3 aromatic rings. The Kier molecular flexibility index (Phi) is 6.69. The van der Waals surface area contributed by atoms with Crippen LogP contribution in [0.2, 0.25) is 0 Å². The smallest absolute Gasteiger partial charge is 0.137 e. The predicted octanol–water partition coefficient (Wildman–Crippen LogP) is 6.32. The summed E-state index contributed by atoms with van der Waals surface area (Å²) in [4.78, 5) is 5.72. The molecule has 0 aliphatic heterocycles. The molecule has 0 aliphatic carbocycles. The number of aromatic nitrogens is 1. The molecule has 2 aromatic carbocycles. The Bertz CT molecular complexity index is 1060. The molecule has 0 fully saturated rings. The third kappa shape index (κ3) is 4.67. The first kappa shape index (κ1) is 20.6. The van der Waals surface area contributed by atoms with Gasteiger partial charge in [-0.25, -0.2) is 4.98 Å². The molecule has 29 heavy (non-hydrogen) atoms. The van der Waals surface area contributed by atoms with Gasteiger partial charge in [0, 0.05) is 11.8 Å². The molecule has 0 unspecified atom stereocenters. The molecule has 0 radical (unpaired) electrons. The second-order valence-electron chi connectivity index (χ2n) is 6.78. The maximum Gasteiger partial charge on any atom is 0.137 e. The molecular formula is C24H24N2O2S. The van der Waals surface area contributed by atoms with Gasteiger partial charge in [-0.1, -0.05) is 25.1 Å². The number of methoxy groups -OCH3 is 1. The van der Waals surface area contributed by atoms with Gasteiger partial charge < -0.3 is 9.47 Å². The van der Waals surface area contributed by atoms with Crippen molar-refractivity contribution in [2.24, 2.45) is 0 Å². The normalized spacial score (nSPS) is 11.0. The monoisotopic (exact) mass is 404 g/mol. The highest BCUT2D eigenvalue weighted by Crippen LogP contribution is 2.36. The van der Waals surface area contributed by atoms with Crippen molar-refractivity contribution in [3.8, 4) is 32.8 Å². The summed E-state index contributed by atoms with van der Waals surface area (Å²) >= 11 is 1.62. The Balaban J connectivity index is 1.98. The molecule has 0 bridgehead atoms. The fraction of sp³-hybridized carbons (Fsp3) is 0.250. The molecule has 1 aromatic heterocycles. The second-order valence-corrected chi connectivity index (χ2v) is 7.82. The predicted molar refractivity (Wildman–Crippen MR) is 119 cm³/mol. The average molecular weight is 405 g/mol. The van der Waals surface area contributed by atoms with E-state index in [0.29, 0.717) is 11.3 Å². The summed E-state index contributed by atoms with van der Waals surface area (Å²) in [6, 6.07) is 14.1. The summed E-state index contributed by atoms with van der Waals surface area (Å²) in [5.74, 6) is 0.605. The number of ether oxygens (including phenoxy) is 2. The summed E-state index contributed by atoms with van der Waals surface area (Å²) in [5.41, 5.74) is 5.02. The molecule has 0 saturated carbocycles. The number of benzene rings is 2. The average Bonchev–Trinajstić information content (AvgIpc) is 3.21. The van der Waals surface area contributed by atoms with E-state index in [0.717, 1.165) is 27.4 Å². The molecular weight excluding hydrogens is 380 g/mol. The number of hydrogen-bond donors (Lipinski definition) is 0. The summed E-state index contributed by atoms with van der Waals surface area (Å²) in [5, 5.41) is 10.4. The van der Waals surface area contributed by atoms with E-state index < -0.39 is 0 Å². The van der Waals surface area contributed by atoms with Gasteiger partial charge in [0.2, 0.25) is 0 Å². The standard InChI is InChI=1S/C24H24N2O2S/c1-5-20-17(11-12-27-4)7-6-8-21(20)23-15-26-24(29-23)18-9-10-22(28-16(2)3)19(13-18)14-25/h6-13,15-16H,5H2,1-4H3/b12-11+. The van der Waals surface area contributed by atoms with Crippen LogP contribution in [0, 0.1) is 11.3 Å². The lowest BCUT2D eigenvalue weighted by Gasteiger charge is -2.11. The van der Waals surface area contributed by atoms with Crippen LogP contribution in [0.25, 0.3) is 27.1 Å². The highest BCUT2D eigenvalue weighted by molar-refractivity contribution is 7.18. The lowest BCUT2D eigenvalue weighted by Crippen LogP contribution is -2.06. The van der Waals surface area contributed by atoms with Gasteiger partial charge in [-0.15, -0.1) is 11.3 Å². The zero-order valence-corrected chi connectivity index (χ0v) is 17.9. The minimum absolute atomic E-state index is 0.0197. The minimum atomic E-state index is 0.0197. The van der Waals surface area contributed by atoms with Crippen molar-refractivity contribution in [3.63, 3.8) is 0 Å². The number of nitrogens with zero attached hydrogens (tertiary/aromatic N) is 2. The number of rotatable bonds is 7. The Morgan fingerprint density at radius 2 is 2.07 bits per heavy atom. The number of thiazole rings is 1. The molecule has 0 amide bonds. The summed E-state index contributed by atoms with van der Waals surface area (Å²) < 4.78 is 10.8. The third-order valence-corrected chi connectivity index (χ3v) is 5.51. The molecule has 148 valence electrons. The Morgan fingerprint density at radius 1 is 1.24 bits per heavy atom. The van der Waals surface area contributed by atoms with E-state index in [1.54, 1.807) is 24.7 Å². The van der Waals surface area contributed by atoms with Crippen LogP contribution >= 0.6 is 11.3 Å². The van der Waals surface area contributed by atoms with Gasteiger partial charge in [0.05, 0.1) is 29.9 Å². The van der Waals surface area contributed by atoms with Crippen molar-refractivity contribution < 1.29 is 9.47 Å². The first-order valence-electron chi connectivity index (χ1n) is 9.56. The molecule has 0 atom stereocenters. The lowest BCUT2D eigenvalue weighted by molar-refractivity contribution is 0.242. The fourth-order valence-electron chi connectivity index (χ4n) is 3.17. The van der Waals surface area contributed by atoms with Crippen LogP contribution in [0.3, 0.4) is 0 Å². The van der Waals surface area contributed by atoms with E-state index in [1.807, 2.05) is 44.3 Å². The summed E-state index contributed by atoms with van der Waals surface area (Å²) in [6.07, 6.45) is 6.51. The SMILES string of the molecule is CCc1c(/C=C/OC)cccc1-c1cnc(-c2ccc(OC(C)C)c(C#N)c2)s1. The van der Waals surface area contributed by atoms with Crippen LogP contribution in [0.5, 0.6) is 5.75 Å². The lowest BCUT2D eigenvalue weighted by atomic mass is 9.98. The molecule has 0 saturated heterocycles. The first-order chi connectivity index (χ1) is 14.1. The summed E-state index contributed by atoms with van der Waals surface area (Å²) in [6.45, 7) is 6.05. The van der Waals surface area contributed by atoms with Crippen molar-refractivity contribution in [3.05, 3.63) is 65.5 Å². The van der Waals surface area contributed by atoms with Gasteiger partial charge in [-0.2, -0.15) is 5.26 Å². The van der Waals surface area contributed by atoms with E-state index in [9.17, 15) is 5.26 Å². The van der Waals surface area contributed by atoms with E-state index in [1.165, 1.54) is 11.1 Å². The third-order valence-electron chi connectivity index (χ3n) is 4.43. The minimum Gasteiger partial charge on any atom is -0.504 e. The molecule has 0 aliphatic rings. The van der Waals surface area contributed by atoms with Crippen molar-refractivity contribution >= 4 is 17.4 Å². The Hall–Kier alpha value is -3.10. The molecule has 0 N–H and O–H groups in total. The van der Waals surface area contributed by atoms with E-state index >= 15 is 0 Å². The zero-order valence-electron chi connectivity index (χ0n) is 17.1. The largest absolute Gasteiger partial charge is 0.504 e. The van der Waals surface area contributed by atoms with Crippen molar-refractivity contribution in [2.75, 3.05) is 7.11 Å². The van der Waals surface area contributed by atoms with Gasteiger partial charge in [-0.05, 0) is 61.2 Å². The topological polar surface area (TPSA) is 55.1 Å². The fourth-order valence-corrected chi connectivity index (χ4v) is 4.13. The van der Waals surface area contributed by atoms with Crippen molar-refractivity contribution in [1.82, 2.24) is 4.98 Å². The van der Waals surface area contributed by atoms with Crippen LogP contribution < -0.4 is 4.74 Å². The molecule has 4 nitrogen and oxygen atoms in total. The zero-order chi connectivity index (χ0) is 20.8. The Morgan fingerprint density at radius 3 is 2.76 bits per heavy atom. The van der Waals surface area contributed by atoms with Crippen molar-refractivity contribution in [2.45, 2.75) is 33.3 Å². The van der Waals surface area contributed by atoms with Crippen LogP contribution in [-0.2, 0) is 11.2 Å². The van der Waals surface area contributed by atoms with E-state index in [2.05, 4.69) is 36.2 Å². The molecule has 0 spiro atoms.